The van der Waals surface area contributed by atoms with E-state index < -0.39 is 0 Å². The summed E-state index contributed by atoms with van der Waals surface area (Å²) >= 11 is 0. The zero-order valence-corrected chi connectivity index (χ0v) is 14.5. The number of aliphatic hydroxyl groups is 1. The first-order valence-electron chi connectivity index (χ1n) is 8.89. The van der Waals surface area contributed by atoms with Gasteiger partial charge in [-0.15, -0.1) is 0 Å². The maximum Gasteiger partial charge on any atom is 0.0794 e. The van der Waals surface area contributed by atoms with Gasteiger partial charge in [0.15, 0.2) is 0 Å². The van der Waals surface area contributed by atoms with Gasteiger partial charge in [-0.2, -0.15) is 0 Å². The first kappa shape index (κ1) is 17.2. The summed E-state index contributed by atoms with van der Waals surface area (Å²) in [5, 5.41) is 10.5. The van der Waals surface area contributed by atoms with Gasteiger partial charge in [0.05, 0.1) is 6.10 Å². The molecule has 0 aliphatic heterocycles. The van der Waals surface area contributed by atoms with Crippen LogP contribution in [0, 0.1) is 0 Å². The molecule has 1 fully saturated rings. The highest BCUT2D eigenvalue weighted by Gasteiger charge is 2.30. The topological polar surface area (TPSA) is 26.7 Å². The molecule has 0 radical (unpaired) electrons. The predicted molar refractivity (Wildman–Crippen MR) is 98.7 cm³/mol. The number of likely N-dealkylation sites (N-methyl/N-ethyl adjacent to an activating group) is 1. The van der Waals surface area contributed by atoms with Crippen LogP contribution in [-0.2, 0) is 13.1 Å². The SMILES string of the molecule is CN(Cc1ccccc1)CC(O)CN(Cc1ccccc1)C1CC1. The standard InChI is InChI=1S/C21H28N2O/c1-22(14-18-8-4-2-5-9-18)16-21(24)17-23(20-12-13-20)15-19-10-6-3-7-11-19/h2-11,20-21,24H,12-17H2,1H3. The van der Waals surface area contributed by atoms with E-state index in [1.165, 1.54) is 24.0 Å². The van der Waals surface area contributed by atoms with Crippen molar-refractivity contribution < 1.29 is 5.11 Å². The minimum absolute atomic E-state index is 0.317. The van der Waals surface area contributed by atoms with Crippen LogP contribution in [0.15, 0.2) is 60.7 Å². The Bertz CT molecular complexity index is 598. The Balaban J connectivity index is 1.49. The maximum atomic E-state index is 10.5. The fourth-order valence-corrected chi connectivity index (χ4v) is 3.25. The molecule has 1 N–H and O–H groups in total. The van der Waals surface area contributed by atoms with Crippen molar-refractivity contribution in [1.82, 2.24) is 9.80 Å². The fourth-order valence-electron chi connectivity index (χ4n) is 3.25. The van der Waals surface area contributed by atoms with Crippen LogP contribution in [0.4, 0.5) is 0 Å². The lowest BCUT2D eigenvalue weighted by molar-refractivity contribution is 0.0737. The van der Waals surface area contributed by atoms with Crippen molar-refractivity contribution in [2.45, 2.75) is 38.1 Å². The highest BCUT2D eigenvalue weighted by molar-refractivity contribution is 5.15. The molecule has 1 aliphatic carbocycles. The van der Waals surface area contributed by atoms with Crippen molar-refractivity contribution in [2.24, 2.45) is 0 Å². The number of benzene rings is 2. The first-order chi connectivity index (χ1) is 11.7. The molecular formula is C21H28N2O. The zero-order valence-electron chi connectivity index (χ0n) is 14.5. The van der Waals surface area contributed by atoms with E-state index in [0.29, 0.717) is 12.6 Å². The second kappa shape index (κ2) is 8.43. The van der Waals surface area contributed by atoms with Crippen LogP contribution in [-0.4, -0.2) is 47.2 Å². The summed E-state index contributed by atoms with van der Waals surface area (Å²) in [6.45, 7) is 3.26. The molecule has 0 bridgehead atoms. The lowest BCUT2D eigenvalue weighted by Crippen LogP contribution is -2.39. The molecule has 0 aromatic heterocycles. The third-order valence-electron chi connectivity index (χ3n) is 4.55. The third kappa shape index (κ3) is 5.45. The zero-order chi connectivity index (χ0) is 16.8. The second-order valence-corrected chi connectivity index (χ2v) is 6.98. The molecule has 0 saturated heterocycles. The van der Waals surface area contributed by atoms with Gasteiger partial charge in [0.1, 0.15) is 0 Å². The molecule has 24 heavy (non-hydrogen) atoms. The normalized spacial score (nSPS) is 15.8. The largest absolute Gasteiger partial charge is 0.390 e. The average molecular weight is 324 g/mol. The Hall–Kier alpha value is -1.68. The molecule has 2 aromatic rings. The van der Waals surface area contributed by atoms with Gasteiger partial charge in [0.2, 0.25) is 0 Å². The molecule has 0 amide bonds. The Morgan fingerprint density at radius 2 is 1.42 bits per heavy atom. The summed E-state index contributed by atoms with van der Waals surface area (Å²) < 4.78 is 0. The van der Waals surface area contributed by atoms with Gasteiger partial charge in [-0.1, -0.05) is 60.7 Å². The number of nitrogens with zero attached hydrogens (tertiary/aromatic N) is 2. The number of hydrogen-bond acceptors (Lipinski definition) is 3. The fraction of sp³-hybridized carbons (Fsp3) is 0.429. The van der Waals surface area contributed by atoms with Gasteiger partial charge in [-0.3, -0.25) is 9.80 Å². The minimum atomic E-state index is -0.317. The van der Waals surface area contributed by atoms with Crippen LogP contribution in [0.5, 0.6) is 0 Å². The van der Waals surface area contributed by atoms with E-state index in [1.807, 2.05) is 6.07 Å². The quantitative estimate of drug-likeness (QED) is 0.767. The van der Waals surface area contributed by atoms with E-state index in [9.17, 15) is 5.11 Å². The summed E-state index contributed by atoms with van der Waals surface area (Å²) in [6, 6.07) is 21.7. The highest BCUT2D eigenvalue weighted by Crippen LogP contribution is 2.28. The van der Waals surface area contributed by atoms with E-state index >= 15 is 0 Å². The molecule has 1 atom stereocenters. The first-order valence-corrected chi connectivity index (χ1v) is 8.89. The van der Waals surface area contributed by atoms with Crippen molar-refractivity contribution in [3.8, 4) is 0 Å². The van der Waals surface area contributed by atoms with Crippen LogP contribution in [0.3, 0.4) is 0 Å². The molecule has 3 nitrogen and oxygen atoms in total. The Morgan fingerprint density at radius 1 is 0.875 bits per heavy atom. The van der Waals surface area contributed by atoms with Gasteiger partial charge in [0, 0.05) is 32.2 Å². The van der Waals surface area contributed by atoms with Gasteiger partial charge in [0.25, 0.3) is 0 Å². The number of aliphatic hydroxyl groups excluding tert-OH is 1. The van der Waals surface area contributed by atoms with Crippen LogP contribution in [0.1, 0.15) is 24.0 Å². The molecule has 0 heterocycles. The lowest BCUT2D eigenvalue weighted by atomic mass is 10.2. The third-order valence-corrected chi connectivity index (χ3v) is 4.55. The minimum Gasteiger partial charge on any atom is -0.390 e. The molecule has 1 aliphatic rings. The van der Waals surface area contributed by atoms with E-state index in [0.717, 1.165) is 19.6 Å². The predicted octanol–water partition coefficient (Wildman–Crippen LogP) is 3.14. The van der Waals surface area contributed by atoms with Crippen molar-refractivity contribution in [3.63, 3.8) is 0 Å². The maximum absolute atomic E-state index is 10.5. The molecule has 3 rings (SSSR count). The Morgan fingerprint density at radius 3 is 1.96 bits per heavy atom. The molecule has 128 valence electrons. The van der Waals surface area contributed by atoms with Crippen molar-refractivity contribution in [1.29, 1.82) is 0 Å². The average Bonchev–Trinajstić information content (AvgIpc) is 3.41. The van der Waals surface area contributed by atoms with Crippen LogP contribution >= 0.6 is 0 Å². The van der Waals surface area contributed by atoms with Crippen LogP contribution in [0.25, 0.3) is 0 Å². The number of hydrogen-bond donors (Lipinski definition) is 1. The summed E-state index contributed by atoms with van der Waals surface area (Å²) in [5.41, 5.74) is 2.62. The second-order valence-electron chi connectivity index (χ2n) is 6.98. The lowest BCUT2D eigenvalue weighted by Gasteiger charge is -2.27. The molecule has 1 unspecified atom stereocenters. The summed E-state index contributed by atoms with van der Waals surface area (Å²) in [7, 11) is 2.08. The van der Waals surface area contributed by atoms with Gasteiger partial charge in [-0.25, -0.2) is 0 Å². The molecule has 3 heteroatoms. The smallest absolute Gasteiger partial charge is 0.0794 e. The monoisotopic (exact) mass is 324 g/mol. The van der Waals surface area contributed by atoms with Crippen LogP contribution in [0.2, 0.25) is 0 Å². The Labute approximate surface area is 145 Å². The van der Waals surface area contributed by atoms with Gasteiger partial charge < -0.3 is 5.11 Å². The highest BCUT2D eigenvalue weighted by atomic mass is 16.3. The number of rotatable bonds is 9. The Kier molecular flexibility index (Phi) is 6.02. The molecule has 0 spiro atoms. The van der Waals surface area contributed by atoms with Crippen molar-refractivity contribution in [3.05, 3.63) is 71.8 Å². The molecular weight excluding hydrogens is 296 g/mol. The van der Waals surface area contributed by atoms with E-state index in [-0.39, 0.29) is 6.10 Å². The molecule has 2 aromatic carbocycles. The summed E-state index contributed by atoms with van der Waals surface area (Å²) in [6.07, 6.45) is 2.21. The summed E-state index contributed by atoms with van der Waals surface area (Å²) in [5.74, 6) is 0. The molecule has 1 saturated carbocycles. The van der Waals surface area contributed by atoms with E-state index in [4.69, 9.17) is 0 Å². The van der Waals surface area contributed by atoms with E-state index in [1.54, 1.807) is 0 Å². The van der Waals surface area contributed by atoms with Gasteiger partial charge >= 0.3 is 0 Å². The van der Waals surface area contributed by atoms with Crippen molar-refractivity contribution in [2.75, 3.05) is 20.1 Å². The van der Waals surface area contributed by atoms with Crippen molar-refractivity contribution >= 4 is 0 Å². The summed E-state index contributed by atoms with van der Waals surface area (Å²) in [4.78, 5) is 4.64. The van der Waals surface area contributed by atoms with E-state index in [2.05, 4.69) is 71.4 Å². The van der Waals surface area contributed by atoms with Crippen LogP contribution < -0.4 is 0 Å². The van der Waals surface area contributed by atoms with Gasteiger partial charge in [-0.05, 0) is 31.0 Å².